The molecule has 6 rings (SSSR count). The van der Waals surface area contributed by atoms with Crippen LogP contribution in [0, 0.1) is 22.7 Å². The lowest BCUT2D eigenvalue weighted by atomic mass is 9.51. The molecule has 1 heterocycles. The number of hydrogen-bond donors (Lipinski definition) is 1. The van der Waals surface area contributed by atoms with Crippen LogP contribution in [-0.2, 0) is 14.3 Å². The Morgan fingerprint density at radius 2 is 1.67 bits per heavy atom. The summed E-state index contributed by atoms with van der Waals surface area (Å²) in [5.74, 6) is 0.730. The van der Waals surface area contributed by atoms with E-state index in [1.54, 1.807) is 0 Å². The maximum absolute atomic E-state index is 13.2. The van der Waals surface area contributed by atoms with Gasteiger partial charge in [0.15, 0.2) is 5.79 Å². The summed E-state index contributed by atoms with van der Waals surface area (Å²) in [4.78, 5) is 15.3. The standard InChI is InChI=1S/C31H43NO4/c1-28(2)18-35-31(36-19-28)15-13-25-27-22(12-14-30(25,34)17-31)24-10-11-26(33)29(24,3)16-23(27)20-6-8-21(9-7-20)32(4)5/h6-9,22-24,34H,10-19H2,1-5H3/t22-,23+,24-,29-,30+/m0/s1. The van der Waals surface area contributed by atoms with Crippen LogP contribution in [0.5, 0.6) is 0 Å². The van der Waals surface area contributed by atoms with Crippen molar-refractivity contribution in [2.75, 3.05) is 32.2 Å². The van der Waals surface area contributed by atoms with Gasteiger partial charge in [0.1, 0.15) is 5.78 Å². The van der Waals surface area contributed by atoms with Gasteiger partial charge in [0.2, 0.25) is 0 Å². The Bertz CT molecular complexity index is 1080. The maximum atomic E-state index is 13.2. The van der Waals surface area contributed by atoms with E-state index in [0.29, 0.717) is 43.7 Å². The number of carbonyl (C=O) groups is 1. The number of hydrogen-bond acceptors (Lipinski definition) is 5. The van der Waals surface area contributed by atoms with Crippen LogP contribution in [0.25, 0.3) is 0 Å². The summed E-state index contributed by atoms with van der Waals surface area (Å²) in [5.41, 5.74) is 4.02. The van der Waals surface area contributed by atoms with Gasteiger partial charge in [-0.1, -0.05) is 38.5 Å². The fraction of sp³-hybridized carbons (Fsp3) is 0.710. The smallest absolute Gasteiger partial charge is 0.171 e. The number of Topliss-reactive ketones (excluding diaryl/α,β-unsaturated/α-hetero) is 1. The first kappa shape index (κ1) is 24.6. The molecule has 5 nitrogen and oxygen atoms in total. The fourth-order valence-corrected chi connectivity index (χ4v) is 8.33. The molecule has 0 amide bonds. The molecule has 3 saturated carbocycles. The van der Waals surface area contributed by atoms with Gasteiger partial charge in [-0.25, -0.2) is 0 Å². The van der Waals surface area contributed by atoms with E-state index < -0.39 is 11.4 Å². The lowest BCUT2D eigenvalue weighted by molar-refractivity contribution is -0.322. The largest absolute Gasteiger partial charge is 0.385 e. The number of carbonyl (C=O) groups excluding carboxylic acids is 1. The minimum absolute atomic E-state index is 0.0108. The second-order valence-corrected chi connectivity index (χ2v) is 13.7. The Morgan fingerprint density at radius 1 is 0.972 bits per heavy atom. The molecule has 5 atom stereocenters. The summed E-state index contributed by atoms with van der Waals surface area (Å²) in [5, 5.41) is 12.2. The third-order valence-electron chi connectivity index (χ3n) is 10.4. The average Bonchev–Trinajstić information content (AvgIpc) is 3.14. The zero-order valence-corrected chi connectivity index (χ0v) is 22.7. The summed E-state index contributed by atoms with van der Waals surface area (Å²) in [6.07, 6.45) is 6.36. The monoisotopic (exact) mass is 493 g/mol. The quantitative estimate of drug-likeness (QED) is 0.542. The number of aliphatic hydroxyl groups is 1. The Morgan fingerprint density at radius 3 is 2.33 bits per heavy atom. The molecule has 1 aromatic carbocycles. The lowest BCUT2D eigenvalue weighted by Crippen LogP contribution is -2.57. The highest BCUT2D eigenvalue weighted by Crippen LogP contribution is 2.64. The molecule has 4 fully saturated rings. The molecule has 1 spiro atoms. The van der Waals surface area contributed by atoms with Crippen molar-refractivity contribution in [1.29, 1.82) is 0 Å². The van der Waals surface area contributed by atoms with Crippen LogP contribution in [-0.4, -0.2) is 49.6 Å². The summed E-state index contributed by atoms with van der Waals surface area (Å²) >= 11 is 0. The Balaban J connectivity index is 1.41. The van der Waals surface area contributed by atoms with Gasteiger partial charge in [-0.15, -0.1) is 0 Å². The number of ether oxygens (including phenoxy) is 2. The van der Waals surface area contributed by atoms with Crippen LogP contribution < -0.4 is 4.90 Å². The second kappa shape index (κ2) is 8.15. The molecule has 0 aromatic heterocycles. The number of fused-ring (bicyclic) bond motifs is 4. The molecule has 36 heavy (non-hydrogen) atoms. The van der Waals surface area contributed by atoms with Crippen molar-refractivity contribution in [3.8, 4) is 0 Å². The van der Waals surface area contributed by atoms with E-state index in [1.165, 1.54) is 22.4 Å². The van der Waals surface area contributed by atoms with Gasteiger partial charge >= 0.3 is 0 Å². The second-order valence-electron chi connectivity index (χ2n) is 13.7. The third-order valence-corrected chi connectivity index (χ3v) is 10.4. The van der Waals surface area contributed by atoms with Crippen LogP contribution in [0.2, 0.25) is 0 Å². The SMILES string of the molecule is CN(C)c1ccc([C@H]2C[C@]3(C)C(=O)CC[C@H]3[C@@H]3CC[C@@]4(O)CC5(CCC4=C32)OCC(C)(C)CO5)cc1. The van der Waals surface area contributed by atoms with Gasteiger partial charge < -0.3 is 19.5 Å². The zero-order valence-electron chi connectivity index (χ0n) is 22.7. The van der Waals surface area contributed by atoms with E-state index in [4.69, 9.17) is 9.47 Å². The third kappa shape index (κ3) is 3.72. The minimum atomic E-state index is -0.885. The van der Waals surface area contributed by atoms with E-state index in [0.717, 1.165) is 38.5 Å². The molecule has 1 aliphatic heterocycles. The minimum Gasteiger partial charge on any atom is -0.385 e. The number of ketones is 1. The number of rotatable bonds is 2. The van der Waals surface area contributed by atoms with Gasteiger partial charge in [-0.3, -0.25) is 4.79 Å². The maximum Gasteiger partial charge on any atom is 0.171 e. The molecular weight excluding hydrogens is 450 g/mol. The number of nitrogens with zero attached hydrogens (tertiary/aromatic N) is 1. The lowest BCUT2D eigenvalue weighted by Gasteiger charge is -2.56. The van der Waals surface area contributed by atoms with Gasteiger partial charge in [0.05, 0.1) is 18.8 Å². The van der Waals surface area contributed by atoms with Crippen molar-refractivity contribution in [2.45, 2.75) is 89.4 Å². The fourth-order valence-electron chi connectivity index (χ4n) is 8.33. The molecule has 1 N–H and O–H groups in total. The summed E-state index contributed by atoms with van der Waals surface area (Å²) in [7, 11) is 4.13. The number of allylic oxidation sites excluding steroid dienone is 1. The first-order chi connectivity index (χ1) is 17.0. The Kier molecular flexibility index (Phi) is 5.58. The van der Waals surface area contributed by atoms with E-state index in [-0.39, 0.29) is 16.7 Å². The first-order valence-electron chi connectivity index (χ1n) is 14.0. The highest BCUT2D eigenvalue weighted by molar-refractivity contribution is 5.87. The zero-order chi connectivity index (χ0) is 25.5. The molecule has 5 aliphatic rings. The van der Waals surface area contributed by atoms with Gasteiger partial charge in [0.25, 0.3) is 0 Å². The van der Waals surface area contributed by atoms with E-state index in [2.05, 4.69) is 64.0 Å². The molecule has 5 heteroatoms. The van der Waals surface area contributed by atoms with Gasteiger partial charge in [-0.2, -0.15) is 0 Å². The highest BCUT2D eigenvalue weighted by atomic mass is 16.7. The van der Waals surface area contributed by atoms with Gasteiger partial charge in [-0.05, 0) is 67.2 Å². The molecule has 196 valence electrons. The predicted molar refractivity (Wildman–Crippen MR) is 141 cm³/mol. The Labute approximate surface area is 216 Å². The Hall–Kier alpha value is -1.69. The number of benzene rings is 1. The number of anilines is 1. The van der Waals surface area contributed by atoms with E-state index in [9.17, 15) is 9.90 Å². The molecule has 1 saturated heterocycles. The normalized spacial score (nSPS) is 38.9. The molecule has 0 bridgehead atoms. The predicted octanol–water partition coefficient (Wildman–Crippen LogP) is 5.62. The van der Waals surface area contributed by atoms with Gasteiger partial charge in [0, 0.05) is 55.8 Å². The summed E-state index contributed by atoms with van der Waals surface area (Å²) < 4.78 is 12.7. The van der Waals surface area contributed by atoms with Crippen molar-refractivity contribution in [3.63, 3.8) is 0 Å². The van der Waals surface area contributed by atoms with Crippen molar-refractivity contribution < 1.29 is 19.4 Å². The van der Waals surface area contributed by atoms with Crippen molar-refractivity contribution in [3.05, 3.63) is 41.0 Å². The molecule has 0 unspecified atom stereocenters. The van der Waals surface area contributed by atoms with Crippen LogP contribution in [0.3, 0.4) is 0 Å². The van der Waals surface area contributed by atoms with E-state index in [1.807, 2.05) is 0 Å². The van der Waals surface area contributed by atoms with Crippen molar-refractivity contribution in [2.24, 2.45) is 22.7 Å². The molecule has 4 aliphatic carbocycles. The van der Waals surface area contributed by atoms with E-state index >= 15 is 0 Å². The highest BCUT2D eigenvalue weighted by Gasteiger charge is 2.60. The van der Waals surface area contributed by atoms with Crippen molar-refractivity contribution in [1.82, 2.24) is 0 Å². The van der Waals surface area contributed by atoms with Crippen LogP contribution in [0.4, 0.5) is 5.69 Å². The average molecular weight is 494 g/mol. The van der Waals surface area contributed by atoms with Crippen molar-refractivity contribution >= 4 is 11.5 Å². The first-order valence-corrected chi connectivity index (χ1v) is 14.0. The topological polar surface area (TPSA) is 59.0 Å². The summed E-state index contributed by atoms with van der Waals surface area (Å²) in [6.45, 7) is 7.91. The molecular formula is C31H43NO4. The van der Waals surface area contributed by atoms with Crippen LogP contribution >= 0.6 is 0 Å². The summed E-state index contributed by atoms with van der Waals surface area (Å²) in [6, 6.07) is 8.88. The molecule has 0 radical (unpaired) electrons. The molecule has 1 aromatic rings. The van der Waals surface area contributed by atoms with Crippen LogP contribution in [0.15, 0.2) is 35.4 Å². The van der Waals surface area contributed by atoms with Crippen LogP contribution in [0.1, 0.15) is 83.6 Å².